The Kier molecular flexibility index (Phi) is 6.20. The second-order valence-electron chi connectivity index (χ2n) is 9.10. The maximum atomic E-state index is 12.5. The van der Waals surface area contributed by atoms with E-state index in [2.05, 4.69) is 58.3 Å². The van der Waals surface area contributed by atoms with E-state index in [1.807, 2.05) is 30.5 Å². The quantitative estimate of drug-likeness (QED) is 0.676. The van der Waals surface area contributed by atoms with Gasteiger partial charge in [-0.05, 0) is 67.2 Å². The van der Waals surface area contributed by atoms with Gasteiger partial charge in [0.1, 0.15) is 6.23 Å². The van der Waals surface area contributed by atoms with Gasteiger partial charge in [-0.3, -0.25) is 19.7 Å². The molecular formula is C27H30N4O2. The van der Waals surface area contributed by atoms with Crippen LogP contribution in [0.3, 0.4) is 0 Å². The molecule has 1 amide bonds. The minimum atomic E-state index is -0.0407. The molecule has 0 aliphatic carbocycles. The van der Waals surface area contributed by atoms with Gasteiger partial charge < -0.3 is 10.1 Å². The van der Waals surface area contributed by atoms with Gasteiger partial charge in [0, 0.05) is 19.3 Å². The van der Waals surface area contributed by atoms with Gasteiger partial charge >= 0.3 is 0 Å². The highest BCUT2D eigenvalue weighted by molar-refractivity contribution is 5.92. The van der Waals surface area contributed by atoms with Crippen molar-refractivity contribution in [3.05, 3.63) is 71.6 Å². The van der Waals surface area contributed by atoms with Crippen LogP contribution in [0.4, 0.5) is 5.69 Å². The highest BCUT2D eigenvalue weighted by Gasteiger charge is 2.39. The summed E-state index contributed by atoms with van der Waals surface area (Å²) >= 11 is 0. The zero-order chi connectivity index (χ0) is 22.8. The molecule has 2 aromatic rings. The predicted molar refractivity (Wildman–Crippen MR) is 132 cm³/mol. The van der Waals surface area contributed by atoms with E-state index in [1.54, 1.807) is 6.20 Å². The number of hydrogen-bond donors (Lipinski definition) is 1. The highest BCUT2D eigenvalue weighted by atomic mass is 16.6. The Morgan fingerprint density at radius 3 is 2.61 bits per heavy atom. The van der Waals surface area contributed by atoms with Gasteiger partial charge in [-0.15, -0.1) is 0 Å². The van der Waals surface area contributed by atoms with Crippen LogP contribution in [-0.4, -0.2) is 53.5 Å². The molecule has 3 aliphatic rings. The average molecular weight is 443 g/mol. The normalized spacial score (nSPS) is 24.7. The number of hydrogen-bond acceptors (Lipinski definition) is 5. The summed E-state index contributed by atoms with van der Waals surface area (Å²) in [5.74, 6) is -0.0407. The summed E-state index contributed by atoms with van der Waals surface area (Å²) in [7, 11) is 0. The fourth-order valence-corrected chi connectivity index (χ4v) is 4.52. The third kappa shape index (κ3) is 5.29. The number of carbonyl (C=O) groups excluding carboxylic acids is 1. The summed E-state index contributed by atoms with van der Waals surface area (Å²) in [5.41, 5.74) is 6.42. The molecule has 5 rings (SSSR count). The van der Waals surface area contributed by atoms with Crippen LogP contribution in [0.25, 0.3) is 11.1 Å². The molecule has 170 valence electrons. The Balaban J connectivity index is 1.14. The lowest BCUT2D eigenvalue weighted by atomic mass is 9.96. The SMILES string of the molecule is CC1CC(c2ccc(CC(=O)Nc3ccc(C4=CCN(C5OC5C)CC4)nc3)cc2)=CC=N1. The van der Waals surface area contributed by atoms with E-state index < -0.39 is 0 Å². The number of aliphatic imine (C=N–C) groups is 1. The van der Waals surface area contributed by atoms with Crippen molar-refractivity contribution >= 4 is 29.0 Å². The number of anilines is 1. The molecule has 6 nitrogen and oxygen atoms in total. The van der Waals surface area contributed by atoms with Crippen molar-refractivity contribution in [1.29, 1.82) is 0 Å². The summed E-state index contributed by atoms with van der Waals surface area (Å²) in [6.07, 6.45) is 10.8. The zero-order valence-corrected chi connectivity index (χ0v) is 19.2. The lowest BCUT2D eigenvalue weighted by Crippen LogP contribution is -2.32. The summed E-state index contributed by atoms with van der Waals surface area (Å²) in [6.45, 7) is 6.11. The number of benzene rings is 1. The van der Waals surface area contributed by atoms with Gasteiger partial charge in [-0.2, -0.15) is 0 Å². The summed E-state index contributed by atoms with van der Waals surface area (Å²) in [4.78, 5) is 23.9. The average Bonchev–Trinajstić information content (AvgIpc) is 3.57. The van der Waals surface area contributed by atoms with Crippen LogP contribution < -0.4 is 5.32 Å². The maximum Gasteiger partial charge on any atom is 0.228 e. The second-order valence-corrected chi connectivity index (χ2v) is 9.10. The molecule has 1 aromatic carbocycles. The lowest BCUT2D eigenvalue weighted by Gasteiger charge is -2.24. The number of carbonyl (C=O) groups is 1. The molecule has 0 saturated carbocycles. The van der Waals surface area contributed by atoms with Crippen LogP contribution in [0.5, 0.6) is 0 Å². The van der Waals surface area contributed by atoms with E-state index in [0.717, 1.165) is 42.9 Å². The number of amides is 1. The number of nitrogens with zero attached hydrogens (tertiary/aromatic N) is 3. The van der Waals surface area contributed by atoms with E-state index in [0.29, 0.717) is 18.6 Å². The number of aromatic nitrogens is 1. The number of rotatable bonds is 6. The number of allylic oxidation sites excluding steroid dienone is 1. The van der Waals surface area contributed by atoms with Crippen molar-refractivity contribution < 1.29 is 9.53 Å². The largest absolute Gasteiger partial charge is 0.353 e. The number of nitrogens with one attached hydrogen (secondary N) is 1. The highest BCUT2D eigenvalue weighted by Crippen LogP contribution is 2.30. The van der Waals surface area contributed by atoms with E-state index >= 15 is 0 Å². The number of dihydropyridines is 1. The fraction of sp³-hybridized carbons (Fsp3) is 0.370. The third-order valence-electron chi connectivity index (χ3n) is 6.48. The Morgan fingerprint density at radius 1 is 1.15 bits per heavy atom. The van der Waals surface area contributed by atoms with Gasteiger partial charge in [0.2, 0.25) is 5.91 Å². The van der Waals surface area contributed by atoms with Crippen molar-refractivity contribution in [2.45, 2.75) is 51.5 Å². The minimum Gasteiger partial charge on any atom is -0.353 e. The Hall–Kier alpha value is -3.09. The van der Waals surface area contributed by atoms with Gasteiger partial charge in [0.25, 0.3) is 0 Å². The van der Waals surface area contributed by atoms with Gasteiger partial charge in [-0.25, -0.2) is 0 Å². The van der Waals surface area contributed by atoms with Gasteiger partial charge in [0.05, 0.1) is 36.1 Å². The first-order valence-electron chi connectivity index (χ1n) is 11.7. The fourth-order valence-electron chi connectivity index (χ4n) is 4.52. The van der Waals surface area contributed by atoms with Gasteiger partial charge in [0.15, 0.2) is 0 Å². The van der Waals surface area contributed by atoms with Crippen LogP contribution in [0.1, 0.15) is 43.5 Å². The molecule has 33 heavy (non-hydrogen) atoms. The minimum absolute atomic E-state index is 0.0407. The molecule has 1 fully saturated rings. The predicted octanol–water partition coefficient (Wildman–Crippen LogP) is 4.34. The molecule has 4 heterocycles. The van der Waals surface area contributed by atoms with E-state index in [4.69, 9.17) is 4.74 Å². The monoisotopic (exact) mass is 442 g/mol. The van der Waals surface area contributed by atoms with Crippen LogP contribution in [0, 0.1) is 0 Å². The molecule has 0 radical (unpaired) electrons. The van der Waals surface area contributed by atoms with Crippen molar-refractivity contribution in [3.8, 4) is 0 Å². The molecule has 3 aliphatic heterocycles. The van der Waals surface area contributed by atoms with E-state index in [9.17, 15) is 4.79 Å². The smallest absolute Gasteiger partial charge is 0.228 e. The molecule has 0 spiro atoms. The van der Waals surface area contributed by atoms with Crippen LogP contribution >= 0.6 is 0 Å². The summed E-state index contributed by atoms with van der Waals surface area (Å²) in [6, 6.07) is 12.5. The molecule has 3 atom stereocenters. The first-order valence-corrected chi connectivity index (χ1v) is 11.7. The molecule has 3 unspecified atom stereocenters. The Bertz CT molecular complexity index is 1100. The maximum absolute atomic E-state index is 12.5. The van der Waals surface area contributed by atoms with E-state index in [1.165, 1.54) is 16.7 Å². The summed E-state index contributed by atoms with van der Waals surface area (Å²) < 4.78 is 5.56. The molecule has 1 aromatic heterocycles. The van der Waals surface area contributed by atoms with Crippen molar-refractivity contribution in [2.75, 3.05) is 18.4 Å². The van der Waals surface area contributed by atoms with Crippen LogP contribution in [0.15, 0.2) is 59.7 Å². The topological polar surface area (TPSA) is 70.1 Å². The molecule has 6 heteroatoms. The Morgan fingerprint density at radius 2 is 1.97 bits per heavy atom. The van der Waals surface area contributed by atoms with E-state index in [-0.39, 0.29) is 12.1 Å². The van der Waals surface area contributed by atoms with Crippen LogP contribution in [0.2, 0.25) is 0 Å². The second kappa shape index (κ2) is 9.41. The zero-order valence-electron chi connectivity index (χ0n) is 19.2. The van der Waals surface area contributed by atoms with Crippen molar-refractivity contribution in [3.63, 3.8) is 0 Å². The molecule has 0 bridgehead atoms. The Labute approximate surface area is 195 Å². The number of pyridine rings is 1. The third-order valence-corrected chi connectivity index (χ3v) is 6.48. The molecule has 1 N–H and O–H groups in total. The number of epoxide rings is 1. The van der Waals surface area contributed by atoms with Crippen molar-refractivity contribution in [2.24, 2.45) is 4.99 Å². The molecule has 1 saturated heterocycles. The first kappa shape index (κ1) is 21.7. The van der Waals surface area contributed by atoms with Crippen LogP contribution in [-0.2, 0) is 16.0 Å². The standard InChI is InChI=1S/C27H30N4O2/c1-18-15-23(9-12-28-18)21-5-3-20(4-6-21)16-26(32)30-24-7-8-25(29-17-24)22-10-13-31(14-11-22)27-19(2)33-27/h3-10,12,17-19,27H,11,13-16H2,1-2H3,(H,30,32). The molecular weight excluding hydrogens is 412 g/mol. The summed E-state index contributed by atoms with van der Waals surface area (Å²) in [5, 5.41) is 2.96. The van der Waals surface area contributed by atoms with Crippen molar-refractivity contribution in [1.82, 2.24) is 9.88 Å². The lowest BCUT2D eigenvalue weighted by molar-refractivity contribution is -0.115. The number of ether oxygens (including phenoxy) is 1. The van der Waals surface area contributed by atoms with Gasteiger partial charge in [-0.1, -0.05) is 30.3 Å². The first-order chi connectivity index (χ1) is 16.0.